The van der Waals surface area contributed by atoms with E-state index in [2.05, 4.69) is 26.0 Å². The van der Waals surface area contributed by atoms with Crippen LogP contribution in [0.5, 0.6) is 5.75 Å². The van der Waals surface area contributed by atoms with Crippen LogP contribution in [0.2, 0.25) is 0 Å². The normalized spacial score (nSPS) is 15.2. The molecule has 0 bridgehead atoms. The van der Waals surface area contributed by atoms with Gasteiger partial charge in [-0.3, -0.25) is 0 Å². The molecule has 2 heterocycles. The highest BCUT2D eigenvalue weighted by Gasteiger charge is 2.23. The highest BCUT2D eigenvalue weighted by Crippen LogP contribution is 2.25. The molecule has 0 saturated carbocycles. The smallest absolute Gasteiger partial charge is 0.315 e. The molecule has 158 valence electrons. The number of hydrogen-bond acceptors (Lipinski definition) is 6. The molecular weight excluding hydrogens is 386 g/mol. The Balaban J connectivity index is 1.46. The molecule has 8 heteroatoms. The average molecular weight is 418 g/mol. The van der Waals surface area contributed by atoms with Crippen molar-refractivity contribution in [2.75, 3.05) is 31.6 Å². The minimum Gasteiger partial charge on any atom is -0.497 e. The summed E-state index contributed by atoms with van der Waals surface area (Å²) in [6, 6.07) is 7.93. The Hall–Kier alpha value is -2.35. The number of urea groups is 1. The number of nitrogens with zero attached hydrogens (tertiary/aromatic N) is 3. The minimum atomic E-state index is -0.214. The van der Waals surface area contributed by atoms with Gasteiger partial charge in [-0.1, -0.05) is 12.1 Å². The molecular formula is C21H31N5O2S. The van der Waals surface area contributed by atoms with E-state index in [0.29, 0.717) is 18.9 Å². The molecule has 1 fully saturated rings. The van der Waals surface area contributed by atoms with Crippen LogP contribution in [0.25, 0.3) is 0 Å². The van der Waals surface area contributed by atoms with Crippen LogP contribution < -0.4 is 20.3 Å². The summed E-state index contributed by atoms with van der Waals surface area (Å²) >= 11 is 1.46. The Morgan fingerprint density at radius 2 is 2.07 bits per heavy atom. The summed E-state index contributed by atoms with van der Waals surface area (Å²) in [5.74, 6) is 2.20. The van der Waals surface area contributed by atoms with Crippen LogP contribution in [-0.2, 0) is 6.42 Å². The monoisotopic (exact) mass is 417 g/mol. The third-order valence-corrected chi connectivity index (χ3v) is 5.69. The lowest BCUT2D eigenvalue weighted by molar-refractivity contribution is 0.228. The third kappa shape index (κ3) is 6.59. The number of rotatable bonds is 6. The molecule has 2 aromatic rings. The molecule has 29 heavy (non-hydrogen) atoms. The van der Waals surface area contributed by atoms with Crippen molar-refractivity contribution in [2.24, 2.45) is 5.92 Å². The molecule has 0 aliphatic carbocycles. The number of anilines is 1. The second-order valence-electron chi connectivity index (χ2n) is 8.54. The van der Waals surface area contributed by atoms with Gasteiger partial charge in [-0.15, -0.1) is 0 Å². The maximum atomic E-state index is 11.9. The molecule has 2 amide bonds. The molecule has 7 nitrogen and oxygen atoms in total. The molecule has 0 atom stereocenters. The minimum absolute atomic E-state index is 0.0914. The molecule has 0 radical (unpaired) electrons. The van der Waals surface area contributed by atoms with E-state index in [9.17, 15) is 4.79 Å². The summed E-state index contributed by atoms with van der Waals surface area (Å²) in [4.78, 5) is 19.0. The number of amides is 2. The van der Waals surface area contributed by atoms with Gasteiger partial charge in [-0.05, 0) is 57.2 Å². The number of aromatic nitrogens is 2. The first-order valence-electron chi connectivity index (χ1n) is 10.1. The van der Waals surface area contributed by atoms with Crippen molar-refractivity contribution in [3.8, 4) is 5.75 Å². The fraction of sp³-hybridized carbons (Fsp3) is 0.571. The third-order valence-electron chi connectivity index (χ3n) is 4.88. The Kier molecular flexibility index (Phi) is 6.95. The van der Waals surface area contributed by atoms with Crippen LogP contribution in [0, 0.1) is 5.92 Å². The molecule has 0 unspecified atom stereocenters. The van der Waals surface area contributed by atoms with Crippen molar-refractivity contribution in [3.63, 3.8) is 0 Å². The first-order valence-corrected chi connectivity index (χ1v) is 10.9. The molecule has 1 aromatic carbocycles. The van der Waals surface area contributed by atoms with Crippen molar-refractivity contribution in [3.05, 3.63) is 35.7 Å². The van der Waals surface area contributed by atoms with Crippen LogP contribution in [0.3, 0.4) is 0 Å². The van der Waals surface area contributed by atoms with Crippen LogP contribution >= 0.6 is 11.5 Å². The molecule has 1 aliphatic heterocycles. The lowest BCUT2D eigenvalue weighted by Crippen LogP contribution is -2.48. The van der Waals surface area contributed by atoms with E-state index in [0.717, 1.165) is 48.2 Å². The van der Waals surface area contributed by atoms with Gasteiger partial charge in [0, 0.05) is 43.1 Å². The van der Waals surface area contributed by atoms with Gasteiger partial charge in [0.05, 0.1) is 7.11 Å². The van der Waals surface area contributed by atoms with Crippen molar-refractivity contribution in [2.45, 2.75) is 45.6 Å². The average Bonchev–Trinajstić information content (AvgIpc) is 3.14. The van der Waals surface area contributed by atoms with Crippen molar-refractivity contribution < 1.29 is 9.53 Å². The van der Waals surface area contributed by atoms with Gasteiger partial charge in [0.1, 0.15) is 11.6 Å². The van der Waals surface area contributed by atoms with Crippen LogP contribution in [0.15, 0.2) is 24.3 Å². The molecule has 2 N–H and O–H groups in total. The first-order chi connectivity index (χ1) is 13.8. The van der Waals surface area contributed by atoms with Gasteiger partial charge in [0.25, 0.3) is 0 Å². The zero-order valence-corrected chi connectivity index (χ0v) is 18.5. The standard InChI is InChI=1S/C21H31N5O2S/c1-21(2,3)24-19(27)22-14-15-8-10-26(11-9-15)20-23-18(25-29-20)13-16-6-5-7-17(12-16)28-4/h5-7,12,15H,8-11,13-14H2,1-4H3,(H2,22,24,27). The van der Waals surface area contributed by atoms with Crippen molar-refractivity contribution in [1.29, 1.82) is 0 Å². The van der Waals surface area contributed by atoms with Gasteiger partial charge in [-0.2, -0.15) is 4.37 Å². The molecule has 0 spiro atoms. The number of carbonyl (C=O) groups excluding carboxylic acids is 1. The lowest BCUT2D eigenvalue weighted by atomic mass is 9.97. The number of benzene rings is 1. The molecule has 1 saturated heterocycles. The number of hydrogen-bond donors (Lipinski definition) is 2. The number of carbonyl (C=O) groups is 1. The zero-order chi connectivity index (χ0) is 20.9. The molecule has 3 rings (SSSR count). The van der Waals surface area contributed by atoms with E-state index in [1.165, 1.54) is 11.5 Å². The number of piperidine rings is 1. The van der Waals surface area contributed by atoms with E-state index in [-0.39, 0.29) is 11.6 Å². The van der Waals surface area contributed by atoms with Gasteiger partial charge in [-0.25, -0.2) is 9.78 Å². The summed E-state index contributed by atoms with van der Waals surface area (Å²) in [5, 5.41) is 6.92. The Morgan fingerprint density at radius 1 is 1.31 bits per heavy atom. The Labute approximate surface area is 177 Å². The van der Waals surface area contributed by atoms with E-state index in [1.54, 1.807) is 7.11 Å². The fourth-order valence-corrected chi connectivity index (χ4v) is 4.10. The number of methoxy groups -OCH3 is 1. The van der Waals surface area contributed by atoms with E-state index < -0.39 is 0 Å². The largest absolute Gasteiger partial charge is 0.497 e. The molecule has 1 aliphatic rings. The van der Waals surface area contributed by atoms with Gasteiger partial charge >= 0.3 is 6.03 Å². The fourth-order valence-electron chi connectivity index (χ4n) is 3.36. The highest BCUT2D eigenvalue weighted by atomic mass is 32.1. The zero-order valence-electron chi connectivity index (χ0n) is 17.7. The van der Waals surface area contributed by atoms with Crippen LogP contribution in [0.1, 0.15) is 45.0 Å². The number of nitrogens with one attached hydrogen (secondary N) is 2. The Bertz CT molecular complexity index is 809. The maximum absolute atomic E-state index is 11.9. The SMILES string of the molecule is COc1cccc(Cc2nsc(N3CCC(CNC(=O)NC(C)(C)C)CC3)n2)c1. The van der Waals surface area contributed by atoms with E-state index >= 15 is 0 Å². The van der Waals surface area contributed by atoms with Crippen molar-refractivity contribution in [1.82, 2.24) is 20.0 Å². The summed E-state index contributed by atoms with van der Waals surface area (Å²) in [6.45, 7) is 8.55. The summed E-state index contributed by atoms with van der Waals surface area (Å²) < 4.78 is 9.82. The Morgan fingerprint density at radius 3 is 2.76 bits per heavy atom. The lowest BCUT2D eigenvalue weighted by Gasteiger charge is -2.31. The van der Waals surface area contributed by atoms with Gasteiger partial charge in [0.15, 0.2) is 0 Å². The quantitative estimate of drug-likeness (QED) is 0.753. The van der Waals surface area contributed by atoms with Crippen LogP contribution in [0.4, 0.5) is 9.93 Å². The number of ether oxygens (including phenoxy) is 1. The van der Waals surface area contributed by atoms with E-state index in [4.69, 9.17) is 9.72 Å². The first kappa shape index (κ1) is 21.4. The second kappa shape index (κ2) is 9.43. The summed E-state index contributed by atoms with van der Waals surface area (Å²) in [6.07, 6.45) is 2.79. The van der Waals surface area contributed by atoms with Crippen molar-refractivity contribution >= 4 is 22.7 Å². The van der Waals surface area contributed by atoms with E-state index in [1.807, 2.05) is 39.0 Å². The summed E-state index contributed by atoms with van der Waals surface area (Å²) in [5.41, 5.74) is 0.931. The van der Waals surface area contributed by atoms with Crippen LogP contribution in [-0.4, -0.2) is 47.7 Å². The maximum Gasteiger partial charge on any atom is 0.315 e. The predicted molar refractivity (Wildman–Crippen MR) is 117 cm³/mol. The van der Waals surface area contributed by atoms with Gasteiger partial charge in [0.2, 0.25) is 5.13 Å². The molecule has 1 aromatic heterocycles. The topological polar surface area (TPSA) is 79.4 Å². The second-order valence-corrected chi connectivity index (χ2v) is 9.27. The summed E-state index contributed by atoms with van der Waals surface area (Å²) in [7, 11) is 1.68. The highest BCUT2D eigenvalue weighted by molar-refractivity contribution is 7.09. The predicted octanol–water partition coefficient (Wildman–Crippen LogP) is 3.45. The van der Waals surface area contributed by atoms with Gasteiger partial charge < -0.3 is 20.3 Å².